The average molecular weight is 420 g/mol. The second-order valence-electron chi connectivity index (χ2n) is 7.94. The minimum atomic E-state index is -0.355. The molecule has 152 valence electrons. The third-order valence-corrected chi connectivity index (χ3v) is 6.28. The summed E-state index contributed by atoms with van der Waals surface area (Å²) >= 11 is 5.43. The molecule has 3 heterocycles. The van der Waals surface area contributed by atoms with Gasteiger partial charge >= 0.3 is 0 Å². The van der Waals surface area contributed by atoms with Crippen LogP contribution in [0.15, 0.2) is 47.3 Å². The van der Waals surface area contributed by atoms with Crippen LogP contribution < -0.4 is 10.9 Å². The van der Waals surface area contributed by atoms with Crippen LogP contribution in [0, 0.1) is 18.6 Å². The minimum Gasteiger partial charge on any atom is -0.494 e. The summed E-state index contributed by atoms with van der Waals surface area (Å²) in [5.41, 5.74) is 5.95. The number of benzene rings is 2. The topological polar surface area (TPSA) is 90.4 Å². The van der Waals surface area contributed by atoms with E-state index < -0.39 is 0 Å². The van der Waals surface area contributed by atoms with E-state index in [9.17, 15) is 9.90 Å². The lowest BCUT2D eigenvalue weighted by atomic mass is 9.95. The van der Waals surface area contributed by atoms with Gasteiger partial charge in [-0.1, -0.05) is 30.3 Å². The van der Waals surface area contributed by atoms with Crippen LogP contribution in [0.25, 0.3) is 16.6 Å². The molecule has 7 heteroatoms. The first-order valence-corrected chi connectivity index (χ1v) is 10.4. The van der Waals surface area contributed by atoms with Crippen molar-refractivity contribution in [3.63, 3.8) is 0 Å². The number of rotatable bonds is 2. The smallest absolute Gasteiger partial charge is 0.265 e. The van der Waals surface area contributed by atoms with Crippen LogP contribution >= 0.6 is 12.2 Å². The van der Waals surface area contributed by atoms with Gasteiger partial charge < -0.3 is 15.4 Å². The van der Waals surface area contributed by atoms with Gasteiger partial charge in [-0.3, -0.25) is 14.3 Å². The number of nitrogens with zero attached hydrogens (tertiary/aromatic N) is 1. The summed E-state index contributed by atoms with van der Waals surface area (Å²) in [5.74, 6) is -0.106. The third-order valence-electron chi connectivity index (χ3n) is 5.99. The summed E-state index contributed by atoms with van der Waals surface area (Å²) < 4.78 is 1.75. The van der Waals surface area contributed by atoms with Gasteiger partial charge in [0.25, 0.3) is 5.56 Å². The monoisotopic (exact) mass is 419 g/mol. The first kappa shape index (κ1) is 18.8. The molecule has 0 amide bonds. The molecular weight excluding hydrogens is 396 g/mol. The second kappa shape index (κ2) is 6.97. The highest BCUT2D eigenvalue weighted by molar-refractivity contribution is 7.71. The summed E-state index contributed by atoms with van der Waals surface area (Å²) in [6.07, 6.45) is 0.907. The van der Waals surface area contributed by atoms with Gasteiger partial charge in [-0.25, -0.2) is 0 Å². The Morgan fingerprint density at radius 1 is 1.17 bits per heavy atom. The van der Waals surface area contributed by atoms with Crippen LogP contribution in [-0.2, 0) is 6.42 Å². The van der Waals surface area contributed by atoms with E-state index in [0.29, 0.717) is 5.56 Å². The molecule has 0 aliphatic carbocycles. The minimum absolute atomic E-state index is 0.106. The Morgan fingerprint density at radius 2 is 1.97 bits per heavy atom. The highest BCUT2D eigenvalue weighted by atomic mass is 32.1. The Hall–Kier alpha value is -3.16. The maximum atomic E-state index is 13.0. The fourth-order valence-electron chi connectivity index (χ4n) is 4.53. The molecule has 0 radical (unpaired) electrons. The van der Waals surface area contributed by atoms with Gasteiger partial charge in [0.2, 0.25) is 5.88 Å². The Bertz CT molecular complexity index is 1410. The van der Waals surface area contributed by atoms with E-state index in [1.807, 2.05) is 50.2 Å². The van der Waals surface area contributed by atoms with Crippen LogP contribution in [-0.4, -0.2) is 26.2 Å². The lowest BCUT2D eigenvalue weighted by molar-refractivity contribution is -0.690. The SMILES string of the molecule is Cc1ccc(C)c(-n2c(O)c([C@H]3[NH2+]CCc4c3[nH]c3ccccc43)c(=O)[nH]c2=S)c1. The maximum absolute atomic E-state index is 13.0. The molecule has 2 aromatic carbocycles. The first-order chi connectivity index (χ1) is 14.5. The standard InChI is InChI=1S/C23H22N4O2S/c1-12-7-8-13(2)17(11-12)27-22(29)18(21(28)26-23(27)30)20-19-15(9-10-24-20)14-5-3-4-6-16(14)25-19/h3-8,11,20,24-25,29H,9-10H2,1-2H3,(H,26,28,30)/p+1/t20-/m1/s1. The molecule has 1 aliphatic rings. The number of para-hydroxylation sites is 1. The van der Waals surface area contributed by atoms with Gasteiger partial charge in [0.1, 0.15) is 5.56 Å². The number of hydrogen-bond acceptors (Lipinski definition) is 3. The molecule has 4 aromatic rings. The predicted molar refractivity (Wildman–Crippen MR) is 119 cm³/mol. The molecule has 0 spiro atoms. The van der Waals surface area contributed by atoms with Crippen LogP contribution in [0.5, 0.6) is 5.88 Å². The van der Waals surface area contributed by atoms with Gasteiger partial charge in [-0.05, 0) is 54.9 Å². The largest absolute Gasteiger partial charge is 0.494 e. The van der Waals surface area contributed by atoms with E-state index >= 15 is 0 Å². The molecule has 0 fully saturated rings. The van der Waals surface area contributed by atoms with E-state index in [0.717, 1.165) is 41.0 Å². The molecule has 0 saturated heterocycles. The van der Waals surface area contributed by atoms with Crippen molar-refractivity contribution in [2.24, 2.45) is 0 Å². The average Bonchev–Trinajstić information content (AvgIpc) is 3.10. The highest BCUT2D eigenvalue weighted by Gasteiger charge is 2.34. The van der Waals surface area contributed by atoms with Crippen molar-refractivity contribution in [2.75, 3.05) is 6.54 Å². The molecule has 0 saturated carbocycles. The van der Waals surface area contributed by atoms with Gasteiger partial charge in [0.15, 0.2) is 10.8 Å². The first-order valence-electron chi connectivity index (χ1n) is 10.0. The molecule has 5 rings (SSSR count). The number of hydrogen-bond donors (Lipinski definition) is 4. The predicted octanol–water partition coefficient (Wildman–Crippen LogP) is 2.91. The van der Waals surface area contributed by atoms with E-state index in [4.69, 9.17) is 12.2 Å². The summed E-state index contributed by atoms with van der Waals surface area (Å²) in [7, 11) is 0. The molecule has 30 heavy (non-hydrogen) atoms. The molecule has 0 bridgehead atoms. The lowest BCUT2D eigenvalue weighted by Gasteiger charge is -2.23. The van der Waals surface area contributed by atoms with Crippen LogP contribution in [0.3, 0.4) is 0 Å². The third kappa shape index (κ3) is 2.81. The fraction of sp³-hybridized carbons (Fsp3) is 0.217. The van der Waals surface area contributed by atoms with Crippen molar-refractivity contribution in [1.29, 1.82) is 0 Å². The zero-order valence-corrected chi connectivity index (χ0v) is 17.6. The van der Waals surface area contributed by atoms with Gasteiger partial charge in [0, 0.05) is 17.3 Å². The Kier molecular flexibility index (Phi) is 4.38. The molecule has 0 unspecified atom stereocenters. The lowest BCUT2D eigenvalue weighted by Crippen LogP contribution is -2.87. The highest BCUT2D eigenvalue weighted by Crippen LogP contribution is 2.33. The molecule has 2 aromatic heterocycles. The van der Waals surface area contributed by atoms with Crippen molar-refractivity contribution in [3.05, 3.63) is 85.5 Å². The number of aromatic nitrogens is 3. The van der Waals surface area contributed by atoms with Gasteiger partial charge in [-0.15, -0.1) is 0 Å². The molecule has 5 N–H and O–H groups in total. The normalized spacial score (nSPS) is 16.0. The number of aromatic hydroxyl groups is 1. The van der Waals surface area contributed by atoms with Crippen molar-refractivity contribution in [3.8, 4) is 11.6 Å². The number of quaternary nitrogens is 1. The van der Waals surface area contributed by atoms with Gasteiger partial charge in [0.05, 0.1) is 17.9 Å². The Labute approximate surface area is 178 Å². The van der Waals surface area contributed by atoms with Crippen LogP contribution in [0.4, 0.5) is 0 Å². The fourth-order valence-corrected chi connectivity index (χ4v) is 4.81. The summed E-state index contributed by atoms with van der Waals surface area (Å²) in [5, 5.41) is 14.6. The quantitative estimate of drug-likeness (QED) is 0.377. The molecule has 1 aliphatic heterocycles. The number of fused-ring (bicyclic) bond motifs is 3. The number of H-pyrrole nitrogens is 2. The summed E-state index contributed by atoms with van der Waals surface area (Å²) in [6.45, 7) is 4.78. The van der Waals surface area contributed by atoms with E-state index in [1.165, 1.54) is 10.9 Å². The molecular formula is C23H23N4O2S+. The number of aromatic amines is 2. The summed E-state index contributed by atoms with van der Waals surface area (Å²) in [4.78, 5) is 19.3. The van der Waals surface area contributed by atoms with E-state index in [1.54, 1.807) is 4.57 Å². The zero-order valence-electron chi connectivity index (χ0n) is 16.8. The number of aryl methyl sites for hydroxylation is 2. The molecule has 1 atom stereocenters. The van der Waals surface area contributed by atoms with Gasteiger partial charge in [-0.2, -0.15) is 0 Å². The second-order valence-corrected chi connectivity index (χ2v) is 8.32. The van der Waals surface area contributed by atoms with Crippen LogP contribution in [0.1, 0.15) is 34.0 Å². The Morgan fingerprint density at radius 3 is 2.80 bits per heavy atom. The van der Waals surface area contributed by atoms with Crippen molar-refractivity contribution < 1.29 is 10.4 Å². The molecule has 6 nitrogen and oxygen atoms in total. The Balaban J connectivity index is 1.77. The van der Waals surface area contributed by atoms with E-state index in [2.05, 4.69) is 21.4 Å². The van der Waals surface area contributed by atoms with Crippen molar-refractivity contribution in [1.82, 2.24) is 14.5 Å². The van der Waals surface area contributed by atoms with Crippen molar-refractivity contribution >= 4 is 23.1 Å². The summed E-state index contributed by atoms with van der Waals surface area (Å²) in [6, 6.07) is 13.8. The number of nitrogens with two attached hydrogens (primary N) is 1. The van der Waals surface area contributed by atoms with Crippen molar-refractivity contribution in [2.45, 2.75) is 26.3 Å². The number of nitrogens with one attached hydrogen (secondary N) is 2. The van der Waals surface area contributed by atoms with E-state index in [-0.39, 0.29) is 22.3 Å². The zero-order chi connectivity index (χ0) is 21.0. The maximum Gasteiger partial charge on any atom is 0.265 e. The van der Waals surface area contributed by atoms with Crippen LogP contribution in [0.2, 0.25) is 0 Å².